The number of carbonyl (C=O) groups excluding carboxylic acids is 1. The Kier molecular flexibility index (Phi) is 6.70. The van der Waals surface area contributed by atoms with E-state index in [1.54, 1.807) is 49.4 Å². The van der Waals surface area contributed by atoms with Gasteiger partial charge in [-0.1, -0.05) is 29.8 Å². The first-order chi connectivity index (χ1) is 15.8. The summed E-state index contributed by atoms with van der Waals surface area (Å²) in [6.45, 7) is 6.32. The van der Waals surface area contributed by atoms with Gasteiger partial charge in [-0.05, 0) is 80.3 Å². The quantitative estimate of drug-likeness (QED) is 0.535. The zero-order valence-electron chi connectivity index (χ0n) is 19.0. The summed E-state index contributed by atoms with van der Waals surface area (Å²) in [5.74, 6) is -0.199. The fraction of sp³-hybridized carbons (Fsp3) is 0.269. The highest BCUT2D eigenvalue weighted by molar-refractivity contribution is 7.92. The Hall–Kier alpha value is -3.32. The summed E-state index contributed by atoms with van der Waals surface area (Å²) in [4.78, 5) is 15.2. The van der Waals surface area contributed by atoms with Crippen LogP contribution in [0.2, 0.25) is 0 Å². The summed E-state index contributed by atoms with van der Waals surface area (Å²) in [5, 5.41) is 2.94. The number of carbonyl (C=O) groups is 1. The second-order valence-electron chi connectivity index (χ2n) is 8.49. The standard InChI is InChI=1S/C26H29N3O3S/c1-19-5-12-24(13-6-19)33(31,32)28-25-14-9-22(17-20(25)2)26(30)27-18-21-7-10-23(11-8-21)29-15-3-4-16-29/h5-14,17,28H,3-4,15-16,18H2,1-2H3,(H,27,30). The van der Waals surface area contributed by atoms with Gasteiger partial charge in [0.25, 0.3) is 15.9 Å². The molecule has 1 aliphatic rings. The molecule has 33 heavy (non-hydrogen) atoms. The molecule has 3 aromatic carbocycles. The van der Waals surface area contributed by atoms with Crippen LogP contribution in [0, 0.1) is 13.8 Å². The van der Waals surface area contributed by atoms with Crippen molar-refractivity contribution in [1.29, 1.82) is 0 Å². The van der Waals surface area contributed by atoms with E-state index >= 15 is 0 Å². The van der Waals surface area contributed by atoms with Crippen LogP contribution in [0.5, 0.6) is 0 Å². The maximum atomic E-state index is 12.7. The Morgan fingerprint density at radius 2 is 1.58 bits per heavy atom. The average molecular weight is 464 g/mol. The van der Waals surface area contributed by atoms with Gasteiger partial charge in [0.05, 0.1) is 10.6 Å². The van der Waals surface area contributed by atoms with Crippen molar-refractivity contribution in [3.05, 3.63) is 89.0 Å². The molecule has 0 radical (unpaired) electrons. The van der Waals surface area contributed by atoms with E-state index in [2.05, 4.69) is 27.1 Å². The van der Waals surface area contributed by atoms with Crippen LogP contribution >= 0.6 is 0 Å². The van der Waals surface area contributed by atoms with E-state index in [0.29, 0.717) is 23.4 Å². The van der Waals surface area contributed by atoms with Gasteiger partial charge in [-0.3, -0.25) is 9.52 Å². The number of sulfonamides is 1. The molecule has 2 N–H and O–H groups in total. The lowest BCUT2D eigenvalue weighted by Gasteiger charge is -2.17. The zero-order valence-corrected chi connectivity index (χ0v) is 19.8. The molecule has 4 rings (SSSR count). The molecule has 0 unspecified atom stereocenters. The molecule has 0 aliphatic carbocycles. The van der Waals surface area contributed by atoms with Crippen LogP contribution in [0.4, 0.5) is 11.4 Å². The Morgan fingerprint density at radius 3 is 2.21 bits per heavy atom. The Bertz CT molecular complexity index is 1230. The van der Waals surface area contributed by atoms with Crippen LogP contribution < -0.4 is 14.9 Å². The van der Waals surface area contributed by atoms with Crippen molar-refractivity contribution in [2.45, 2.75) is 38.1 Å². The smallest absolute Gasteiger partial charge is 0.261 e. The Labute approximate surface area is 195 Å². The van der Waals surface area contributed by atoms with E-state index in [9.17, 15) is 13.2 Å². The van der Waals surface area contributed by atoms with Gasteiger partial charge in [-0.25, -0.2) is 8.42 Å². The van der Waals surface area contributed by atoms with Crippen LogP contribution in [0.15, 0.2) is 71.6 Å². The first kappa shape index (κ1) is 22.9. The molecule has 0 saturated carbocycles. The molecule has 1 aliphatic heterocycles. The van der Waals surface area contributed by atoms with Crippen molar-refractivity contribution in [2.75, 3.05) is 22.7 Å². The summed E-state index contributed by atoms with van der Waals surface area (Å²) in [6, 6.07) is 19.9. The van der Waals surface area contributed by atoms with Gasteiger partial charge in [-0.2, -0.15) is 0 Å². The van der Waals surface area contributed by atoms with E-state index in [-0.39, 0.29) is 10.8 Å². The number of amides is 1. The predicted octanol–water partition coefficient (Wildman–Crippen LogP) is 4.63. The van der Waals surface area contributed by atoms with Crippen molar-refractivity contribution in [2.24, 2.45) is 0 Å². The monoisotopic (exact) mass is 463 g/mol. The molecule has 1 amide bonds. The predicted molar refractivity (Wildman–Crippen MR) is 132 cm³/mol. The fourth-order valence-corrected chi connectivity index (χ4v) is 5.06. The third-order valence-electron chi connectivity index (χ3n) is 5.92. The molecule has 1 saturated heterocycles. The van der Waals surface area contributed by atoms with E-state index in [0.717, 1.165) is 24.2 Å². The molecular formula is C26H29N3O3S. The minimum atomic E-state index is -3.70. The van der Waals surface area contributed by atoms with Gasteiger partial charge in [0.15, 0.2) is 0 Å². The normalized spacial score (nSPS) is 13.7. The zero-order chi connectivity index (χ0) is 23.4. The topological polar surface area (TPSA) is 78.5 Å². The third kappa shape index (κ3) is 5.54. The highest BCUT2D eigenvalue weighted by Crippen LogP contribution is 2.22. The molecule has 172 valence electrons. The third-order valence-corrected chi connectivity index (χ3v) is 7.31. The number of hydrogen-bond acceptors (Lipinski definition) is 4. The van der Waals surface area contributed by atoms with Gasteiger partial charge >= 0.3 is 0 Å². The van der Waals surface area contributed by atoms with Crippen LogP contribution in [-0.2, 0) is 16.6 Å². The van der Waals surface area contributed by atoms with Gasteiger partial charge in [0.2, 0.25) is 0 Å². The van der Waals surface area contributed by atoms with Crippen molar-refractivity contribution in [3.8, 4) is 0 Å². The van der Waals surface area contributed by atoms with Crippen LogP contribution in [0.3, 0.4) is 0 Å². The molecule has 6 nitrogen and oxygen atoms in total. The van der Waals surface area contributed by atoms with Crippen molar-refractivity contribution in [1.82, 2.24) is 5.32 Å². The Balaban J connectivity index is 1.38. The van der Waals surface area contributed by atoms with Crippen LogP contribution in [0.25, 0.3) is 0 Å². The molecule has 0 spiro atoms. The maximum Gasteiger partial charge on any atom is 0.261 e. The van der Waals surface area contributed by atoms with Crippen molar-refractivity contribution >= 4 is 27.3 Å². The first-order valence-corrected chi connectivity index (χ1v) is 12.6. The summed E-state index contributed by atoms with van der Waals surface area (Å²) in [7, 11) is -3.70. The number of anilines is 2. The number of rotatable bonds is 7. The van der Waals surface area contributed by atoms with Crippen molar-refractivity contribution < 1.29 is 13.2 Å². The van der Waals surface area contributed by atoms with Gasteiger partial charge in [-0.15, -0.1) is 0 Å². The minimum absolute atomic E-state index is 0.199. The lowest BCUT2D eigenvalue weighted by molar-refractivity contribution is 0.0951. The molecule has 3 aromatic rings. The summed E-state index contributed by atoms with van der Waals surface area (Å²) >= 11 is 0. The molecule has 1 fully saturated rings. The van der Waals surface area contributed by atoms with E-state index in [4.69, 9.17) is 0 Å². The molecule has 1 heterocycles. The highest BCUT2D eigenvalue weighted by Gasteiger charge is 2.16. The lowest BCUT2D eigenvalue weighted by atomic mass is 10.1. The average Bonchev–Trinajstić information content (AvgIpc) is 3.34. The summed E-state index contributed by atoms with van der Waals surface area (Å²) < 4.78 is 27.9. The second kappa shape index (κ2) is 9.67. The van der Waals surface area contributed by atoms with Gasteiger partial charge in [0, 0.05) is 30.9 Å². The maximum absolute atomic E-state index is 12.7. The fourth-order valence-electron chi connectivity index (χ4n) is 3.92. The van der Waals surface area contributed by atoms with Crippen molar-refractivity contribution in [3.63, 3.8) is 0 Å². The SMILES string of the molecule is Cc1ccc(S(=O)(=O)Nc2ccc(C(=O)NCc3ccc(N4CCCC4)cc3)cc2C)cc1. The van der Waals surface area contributed by atoms with Gasteiger partial charge in [0.1, 0.15) is 0 Å². The number of benzene rings is 3. The molecule has 0 atom stereocenters. The van der Waals surface area contributed by atoms with E-state index < -0.39 is 10.0 Å². The minimum Gasteiger partial charge on any atom is -0.372 e. The van der Waals surface area contributed by atoms with E-state index in [1.165, 1.54) is 18.5 Å². The number of nitrogens with one attached hydrogen (secondary N) is 2. The first-order valence-electron chi connectivity index (χ1n) is 11.1. The molecule has 7 heteroatoms. The number of aryl methyl sites for hydroxylation is 2. The van der Waals surface area contributed by atoms with Crippen LogP contribution in [0.1, 0.15) is 39.9 Å². The number of hydrogen-bond donors (Lipinski definition) is 2. The van der Waals surface area contributed by atoms with E-state index in [1.807, 2.05) is 19.1 Å². The van der Waals surface area contributed by atoms with Crippen LogP contribution in [-0.4, -0.2) is 27.4 Å². The number of nitrogens with zero attached hydrogens (tertiary/aromatic N) is 1. The second-order valence-corrected chi connectivity index (χ2v) is 10.2. The Morgan fingerprint density at radius 1 is 0.909 bits per heavy atom. The molecule has 0 bridgehead atoms. The molecule has 0 aromatic heterocycles. The summed E-state index contributed by atoms with van der Waals surface area (Å²) in [6.07, 6.45) is 2.48. The van der Waals surface area contributed by atoms with Gasteiger partial charge < -0.3 is 10.2 Å². The summed E-state index contributed by atoms with van der Waals surface area (Å²) in [5.41, 5.74) is 4.85. The largest absolute Gasteiger partial charge is 0.372 e. The lowest BCUT2D eigenvalue weighted by Crippen LogP contribution is -2.23. The molecular weight excluding hydrogens is 434 g/mol. The highest BCUT2D eigenvalue weighted by atomic mass is 32.2.